The van der Waals surface area contributed by atoms with Gasteiger partial charge in [0.25, 0.3) is 5.91 Å². The predicted octanol–water partition coefficient (Wildman–Crippen LogP) is 5.65. The summed E-state index contributed by atoms with van der Waals surface area (Å²) in [5, 5.41) is 2.60. The van der Waals surface area contributed by atoms with Crippen molar-refractivity contribution in [2.75, 3.05) is 11.5 Å². The summed E-state index contributed by atoms with van der Waals surface area (Å²) >= 11 is 7.76. The maximum absolute atomic E-state index is 13.3. The SMILES string of the molecule is CCOc1ccccc1C(=O)N(Cc1cccs1)c1cccc(Cl)c1. The second kappa shape index (κ2) is 8.19. The highest BCUT2D eigenvalue weighted by Gasteiger charge is 2.22. The summed E-state index contributed by atoms with van der Waals surface area (Å²) in [6.07, 6.45) is 0. The zero-order valence-corrected chi connectivity index (χ0v) is 15.4. The average molecular weight is 372 g/mol. The van der Waals surface area contributed by atoms with Gasteiger partial charge in [0.2, 0.25) is 0 Å². The van der Waals surface area contributed by atoms with Crippen molar-refractivity contribution in [2.24, 2.45) is 0 Å². The van der Waals surface area contributed by atoms with Gasteiger partial charge in [0, 0.05) is 15.6 Å². The monoisotopic (exact) mass is 371 g/mol. The van der Waals surface area contributed by atoms with Gasteiger partial charge in [0.1, 0.15) is 5.75 Å². The lowest BCUT2D eigenvalue weighted by Gasteiger charge is -2.23. The summed E-state index contributed by atoms with van der Waals surface area (Å²) in [5.74, 6) is 0.480. The van der Waals surface area contributed by atoms with Crippen molar-refractivity contribution in [3.8, 4) is 5.75 Å². The molecule has 0 aliphatic rings. The molecule has 0 N–H and O–H groups in total. The van der Waals surface area contributed by atoms with E-state index in [0.717, 1.165) is 10.6 Å². The van der Waals surface area contributed by atoms with Crippen LogP contribution in [0.25, 0.3) is 0 Å². The van der Waals surface area contributed by atoms with Gasteiger partial charge >= 0.3 is 0 Å². The van der Waals surface area contributed by atoms with Crippen molar-refractivity contribution in [3.63, 3.8) is 0 Å². The minimum Gasteiger partial charge on any atom is -0.493 e. The highest BCUT2D eigenvalue weighted by Crippen LogP contribution is 2.27. The molecule has 0 radical (unpaired) electrons. The molecule has 1 aromatic heterocycles. The number of anilines is 1. The van der Waals surface area contributed by atoms with Crippen LogP contribution >= 0.6 is 22.9 Å². The van der Waals surface area contributed by atoms with Crippen LogP contribution in [0.4, 0.5) is 5.69 Å². The Morgan fingerprint density at radius 1 is 1.12 bits per heavy atom. The highest BCUT2D eigenvalue weighted by atomic mass is 35.5. The first-order valence-electron chi connectivity index (χ1n) is 8.00. The molecule has 3 aromatic rings. The van der Waals surface area contributed by atoms with Crippen molar-refractivity contribution in [2.45, 2.75) is 13.5 Å². The number of rotatable bonds is 6. The molecule has 2 aromatic carbocycles. The van der Waals surface area contributed by atoms with Crippen LogP contribution in [0.5, 0.6) is 5.75 Å². The number of carbonyl (C=O) groups excluding carboxylic acids is 1. The molecule has 0 spiro atoms. The molecule has 0 saturated heterocycles. The fourth-order valence-corrected chi connectivity index (χ4v) is 3.43. The third-order valence-corrected chi connectivity index (χ3v) is 4.77. The summed E-state index contributed by atoms with van der Waals surface area (Å²) < 4.78 is 5.63. The van der Waals surface area contributed by atoms with E-state index in [1.165, 1.54) is 0 Å². The second-order valence-electron chi connectivity index (χ2n) is 5.38. The lowest BCUT2D eigenvalue weighted by molar-refractivity contribution is 0.0981. The lowest BCUT2D eigenvalue weighted by Crippen LogP contribution is -2.30. The summed E-state index contributed by atoms with van der Waals surface area (Å²) in [5.41, 5.74) is 1.30. The fourth-order valence-electron chi connectivity index (χ4n) is 2.55. The Hall–Kier alpha value is -2.30. The Bertz CT molecular complexity index is 848. The van der Waals surface area contributed by atoms with E-state index in [-0.39, 0.29) is 5.91 Å². The Balaban J connectivity index is 2.00. The molecule has 0 atom stereocenters. The number of amides is 1. The highest BCUT2D eigenvalue weighted by molar-refractivity contribution is 7.09. The lowest BCUT2D eigenvalue weighted by atomic mass is 10.1. The van der Waals surface area contributed by atoms with Crippen LogP contribution in [-0.4, -0.2) is 12.5 Å². The third kappa shape index (κ3) is 4.21. The van der Waals surface area contributed by atoms with Gasteiger partial charge in [-0.2, -0.15) is 0 Å². The molecule has 0 unspecified atom stereocenters. The van der Waals surface area contributed by atoms with E-state index in [4.69, 9.17) is 16.3 Å². The molecule has 1 amide bonds. The van der Waals surface area contributed by atoms with Crippen LogP contribution in [0.15, 0.2) is 66.0 Å². The molecule has 5 heteroatoms. The number of halogens is 1. The van der Waals surface area contributed by atoms with Gasteiger partial charge in [-0.05, 0) is 48.7 Å². The first-order valence-corrected chi connectivity index (χ1v) is 9.26. The van der Waals surface area contributed by atoms with E-state index >= 15 is 0 Å². The number of nitrogens with zero attached hydrogens (tertiary/aromatic N) is 1. The van der Waals surface area contributed by atoms with E-state index in [9.17, 15) is 4.79 Å². The number of carbonyl (C=O) groups is 1. The number of hydrogen-bond acceptors (Lipinski definition) is 3. The summed E-state index contributed by atoms with van der Waals surface area (Å²) in [6, 6.07) is 18.7. The Morgan fingerprint density at radius 3 is 2.68 bits per heavy atom. The van der Waals surface area contributed by atoms with Crippen LogP contribution in [0.3, 0.4) is 0 Å². The molecule has 1 heterocycles. The molecule has 0 aliphatic carbocycles. The molecule has 0 saturated carbocycles. The van der Waals surface area contributed by atoms with Crippen LogP contribution in [0.1, 0.15) is 22.2 Å². The normalized spacial score (nSPS) is 10.5. The summed E-state index contributed by atoms with van der Waals surface area (Å²) in [4.78, 5) is 16.1. The van der Waals surface area contributed by atoms with E-state index < -0.39 is 0 Å². The Labute approximate surface area is 156 Å². The molecule has 3 nitrogen and oxygen atoms in total. The van der Waals surface area contributed by atoms with E-state index in [1.807, 2.05) is 54.8 Å². The summed E-state index contributed by atoms with van der Waals surface area (Å²) in [7, 11) is 0. The largest absolute Gasteiger partial charge is 0.493 e. The maximum Gasteiger partial charge on any atom is 0.262 e. The Morgan fingerprint density at radius 2 is 1.96 bits per heavy atom. The van der Waals surface area contributed by atoms with Crippen molar-refractivity contribution in [3.05, 3.63) is 81.5 Å². The topological polar surface area (TPSA) is 29.5 Å². The average Bonchev–Trinajstić information content (AvgIpc) is 3.13. The van der Waals surface area contributed by atoms with Gasteiger partial charge in [-0.3, -0.25) is 4.79 Å². The quantitative estimate of drug-likeness (QED) is 0.560. The van der Waals surface area contributed by atoms with Crippen molar-refractivity contribution >= 4 is 34.5 Å². The summed E-state index contributed by atoms with van der Waals surface area (Å²) in [6.45, 7) is 2.89. The van der Waals surface area contributed by atoms with Crippen molar-refractivity contribution in [1.29, 1.82) is 0 Å². The van der Waals surface area contributed by atoms with Crippen molar-refractivity contribution < 1.29 is 9.53 Å². The van der Waals surface area contributed by atoms with E-state index in [1.54, 1.807) is 34.4 Å². The first-order chi connectivity index (χ1) is 12.2. The second-order valence-corrected chi connectivity index (χ2v) is 6.85. The van der Waals surface area contributed by atoms with Gasteiger partial charge in [-0.15, -0.1) is 11.3 Å². The zero-order chi connectivity index (χ0) is 17.6. The molecule has 0 aliphatic heterocycles. The number of hydrogen-bond donors (Lipinski definition) is 0. The molecule has 128 valence electrons. The molecule has 25 heavy (non-hydrogen) atoms. The fraction of sp³-hybridized carbons (Fsp3) is 0.150. The predicted molar refractivity (Wildman–Crippen MR) is 104 cm³/mol. The third-order valence-electron chi connectivity index (χ3n) is 3.68. The molecule has 3 rings (SSSR count). The van der Waals surface area contributed by atoms with Crippen molar-refractivity contribution in [1.82, 2.24) is 0 Å². The minimum absolute atomic E-state index is 0.111. The van der Waals surface area contributed by atoms with Crippen LogP contribution in [0, 0.1) is 0 Å². The van der Waals surface area contributed by atoms with Gasteiger partial charge in [-0.25, -0.2) is 0 Å². The van der Waals surface area contributed by atoms with Gasteiger partial charge < -0.3 is 9.64 Å². The molecule has 0 fully saturated rings. The zero-order valence-electron chi connectivity index (χ0n) is 13.8. The van der Waals surface area contributed by atoms with Crippen LogP contribution < -0.4 is 9.64 Å². The van der Waals surface area contributed by atoms with E-state index in [2.05, 4.69) is 0 Å². The van der Waals surface area contributed by atoms with E-state index in [0.29, 0.717) is 29.5 Å². The van der Waals surface area contributed by atoms with Crippen LogP contribution in [-0.2, 0) is 6.54 Å². The number of benzene rings is 2. The number of thiophene rings is 1. The molecule has 0 bridgehead atoms. The first kappa shape index (κ1) is 17.5. The smallest absolute Gasteiger partial charge is 0.262 e. The minimum atomic E-state index is -0.111. The number of ether oxygens (including phenoxy) is 1. The maximum atomic E-state index is 13.3. The molecular weight excluding hydrogens is 354 g/mol. The van der Waals surface area contributed by atoms with Crippen LogP contribution in [0.2, 0.25) is 5.02 Å². The molecular formula is C20H18ClNO2S. The Kier molecular flexibility index (Phi) is 5.74. The van der Waals surface area contributed by atoms with Gasteiger partial charge in [-0.1, -0.05) is 35.9 Å². The van der Waals surface area contributed by atoms with Gasteiger partial charge in [0.05, 0.1) is 18.7 Å². The number of para-hydroxylation sites is 1. The van der Waals surface area contributed by atoms with Gasteiger partial charge in [0.15, 0.2) is 0 Å². The standard InChI is InChI=1S/C20H18ClNO2S/c1-2-24-19-11-4-3-10-18(19)20(23)22(14-17-9-6-12-25-17)16-8-5-7-15(21)13-16/h3-13H,2,14H2,1H3.